The van der Waals surface area contributed by atoms with Crippen molar-refractivity contribution < 1.29 is 27.5 Å². The molecule has 1 heterocycles. The molecule has 1 amide bonds. The third-order valence-corrected chi connectivity index (χ3v) is 7.12. The summed E-state index contributed by atoms with van der Waals surface area (Å²) in [6.07, 6.45) is 1.90. The van der Waals surface area contributed by atoms with Gasteiger partial charge in [0.15, 0.2) is 6.61 Å². The van der Waals surface area contributed by atoms with Crippen LogP contribution in [0.1, 0.15) is 10.4 Å². The summed E-state index contributed by atoms with van der Waals surface area (Å²) in [7, 11) is -3.64. The van der Waals surface area contributed by atoms with Crippen molar-refractivity contribution in [3.05, 3.63) is 54.1 Å². The van der Waals surface area contributed by atoms with Crippen LogP contribution in [0, 0.1) is 0 Å². The Kier molecular flexibility index (Phi) is 7.48. The van der Waals surface area contributed by atoms with Gasteiger partial charge in [0.2, 0.25) is 10.0 Å². The van der Waals surface area contributed by atoms with Crippen LogP contribution in [0.15, 0.2) is 58.3 Å². The molecule has 10 heteroatoms. The van der Waals surface area contributed by atoms with E-state index in [-0.39, 0.29) is 10.5 Å². The molecular weight excluding hydrogens is 428 g/mol. The van der Waals surface area contributed by atoms with Crippen LogP contribution in [-0.4, -0.2) is 63.8 Å². The minimum absolute atomic E-state index is 0.0902. The maximum atomic E-state index is 12.6. The number of benzene rings is 2. The molecule has 2 aromatic carbocycles. The van der Waals surface area contributed by atoms with Gasteiger partial charge in [0.05, 0.1) is 29.4 Å². The van der Waals surface area contributed by atoms with E-state index < -0.39 is 28.5 Å². The van der Waals surface area contributed by atoms with Crippen LogP contribution in [0.2, 0.25) is 0 Å². The molecule has 0 saturated carbocycles. The number of para-hydroxylation sites is 1. The number of hydrogen-bond acceptors (Lipinski definition) is 7. The molecule has 2 aromatic rings. The normalized spacial score (nSPS) is 14.8. The van der Waals surface area contributed by atoms with E-state index in [4.69, 9.17) is 9.47 Å². The van der Waals surface area contributed by atoms with Crippen molar-refractivity contribution >= 4 is 39.3 Å². The zero-order valence-corrected chi connectivity index (χ0v) is 18.0. The third-order valence-electron chi connectivity index (χ3n) is 4.41. The average Bonchev–Trinajstić information content (AvgIpc) is 2.78. The van der Waals surface area contributed by atoms with Gasteiger partial charge in [-0.1, -0.05) is 12.1 Å². The molecule has 1 aliphatic rings. The van der Waals surface area contributed by atoms with Gasteiger partial charge in [0, 0.05) is 18.0 Å². The van der Waals surface area contributed by atoms with Crippen molar-refractivity contribution in [2.45, 2.75) is 9.79 Å². The Labute approximate surface area is 179 Å². The van der Waals surface area contributed by atoms with Gasteiger partial charge in [-0.05, 0) is 42.7 Å². The Hall–Kier alpha value is -2.40. The number of morpholine rings is 1. The largest absolute Gasteiger partial charge is 0.452 e. The lowest BCUT2D eigenvalue weighted by Gasteiger charge is -2.26. The maximum absolute atomic E-state index is 12.6. The van der Waals surface area contributed by atoms with E-state index >= 15 is 0 Å². The van der Waals surface area contributed by atoms with E-state index in [0.717, 1.165) is 4.90 Å². The Morgan fingerprint density at radius 3 is 2.43 bits per heavy atom. The molecule has 0 aliphatic carbocycles. The SMILES string of the molecule is CSc1ccccc1NC(=O)COC(=O)c1ccc(S(=O)(=O)N2CCOCC2)cc1. The van der Waals surface area contributed by atoms with Crippen LogP contribution in [0.4, 0.5) is 5.69 Å². The van der Waals surface area contributed by atoms with Gasteiger partial charge >= 0.3 is 5.97 Å². The Balaban J connectivity index is 1.57. The van der Waals surface area contributed by atoms with Crippen molar-refractivity contribution in [3.63, 3.8) is 0 Å². The second kappa shape index (κ2) is 10.1. The van der Waals surface area contributed by atoms with Gasteiger partial charge in [-0.25, -0.2) is 13.2 Å². The standard InChI is InChI=1S/C20H22N2O6S2/c1-29-18-5-3-2-4-17(18)21-19(23)14-28-20(24)15-6-8-16(9-7-15)30(25,26)22-10-12-27-13-11-22/h2-9H,10-14H2,1H3,(H,21,23). The van der Waals surface area contributed by atoms with Gasteiger partial charge in [0.1, 0.15) is 0 Å². The van der Waals surface area contributed by atoms with Crippen molar-refractivity contribution in [3.8, 4) is 0 Å². The van der Waals surface area contributed by atoms with Crippen LogP contribution < -0.4 is 5.32 Å². The van der Waals surface area contributed by atoms with Crippen LogP contribution in [-0.2, 0) is 24.3 Å². The zero-order valence-electron chi connectivity index (χ0n) is 16.4. The number of sulfonamides is 1. The van der Waals surface area contributed by atoms with Crippen LogP contribution in [0.3, 0.4) is 0 Å². The second-order valence-corrected chi connectivity index (χ2v) is 9.15. The fourth-order valence-electron chi connectivity index (χ4n) is 2.85. The molecule has 8 nitrogen and oxygen atoms in total. The van der Waals surface area contributed by atoms with Crippen LogP contribution in [0.25, 0.3) is 0 Å². The number of esters is 1. The summed E-state index contributed by atoms with van der Waals surface area (Å²) in [6.45, 7) is 0.845. The van der Waals surface area contributed by atoms with Gasteiger partial charge in [0.25, 0.3) is 5.91 Å². The molecule has 1 fully saturated rings. The van der Waals surface area contributed by atoms with Gasteiger partial charge in [-0.2, -0.15) is 4.31 Å². The predicted octanol–water partition coefficient (Wildman–Crippen LogP) is 2.22. The Morgan fingerprint density at radius 2 is 1.77 bits per heavy atom. The summed E-state index contributed by atoms with van der Waals surface area (Å²) in [6, 6.07) is 12.8. The van der Waals surface area contributed by atoms with Crippen molar-refractivity contribution in [2.24, 2.45) is 0 Å². The molecular formula is C20H22N2O6S2. The molecule has 3 rings (SSSR count). The number of ether oxygens (including phenoxy) is 2. The molecule has 0 atom stereocenters. The van der Waals surface area contributed by atoms with E-state index in [1.54, 1.807) is 12.1 Å². The number of nitrogens with one attached hydrogen (secondary N) is 1. The average molecular weight is 451 g/mol. The van der Waals surface area contributed by atoms with Gasteiger partial charge in [-0.3, -0.25) is 4.79 Å². The van der Waals surface area contributed by atoms with E-state index in [1.807, 2.05) is 18.4 Å². The molecule has 0 radical (unpaired) electrons. The molecule has 1 aliphatic heterocycles. The second-order valence-electron chi connectivity index (χ2n) is 6.37. The molecule has 0 aromatic heterocycles. The first-order valence-electron chi connectivity index (χ1n) is 9.20. The Morgan fingerprint density at radius 1 is 1.10 bits per heavy atom. The number of carbonyl (C=O) groups is 2. The highest BCUT2D eigenvalue weighted by atomic mass is 32.2. The van der Waals surface area contributed by atoms with E-state index in [9.17, 15) is 18.0 Å². The van der Waals surface area contributed by atoms with Crippen LogP contribution in [0.5, 0.6) is 0 Å². The predicted molar refractivity (Wildman–Crippen MR) is 113 cm³/mol. The van der Waals surface area contributed by atoms with Gasteiger partial charge in [-0.15, -0.1) is 11.8 Å². The number of rotatable bonds is 7. The van der Waals surface area contributed by atoms with Crippen molar-refractivity contribution in [2.75, 3.05) is 44.5 Å². The summed E-state index contributed by atoms with van der Waals surface area (Å²) in [5, 5.41) is 2.70. The number of hydrogen-bond donors (Lipinski definition) is 1. The molecule has 1 N–H and O–H groups in total. The smallest absolute Gasteiger partial charge is 0.338 e. The lowest BCUT2D eigenvalue weighted by molar-refractivity contribution is -0.119. The molecule has 0 bridgehead atoms. The fourth-order valence-corrected chi connectivity index (χ4v) is 4.81. The zero-order chi connectivity index (χ0) is 21.6. The molecule has 30 heavy (non-hydrogen) atoms. The number of thioether (sulfide) groups is 1. The van der Waals surface area contributed by atoms with E-state index in [0.29, 0.717) is 32.0 Å². The molecule has 1 saturated heterocycles. The summed E-state index contributed by atoms with van der Waals surface area (Å²) < 4.78 is 36.8. The highest BCUT2D eigenvalue weighted by Gasteiger charge is 2.26. The first-order valence-corrected chi connectivity index (χ1v) is 11.9. The lowest BCUT2D eigenvalue weighted by atomic mass is 10.2. The Bertz CT molecular complexity index is 1000. The molecule has 160 valence electrons. The minimum atomic E-state index is -3.64. The first kappa shape index (κ1) is 22.3. The summed E-state index contributed by atoms with van der Waals surface area (Å²) in [5.41, 5.74) is 0.803. The number of anilines is 1. The lowest BCUT2D eigenvalue weighted by Crippen LogP contribution is -2.40. The molecule has 0 spiro atoms. The van der Waals surface area contributed by atoms with Crippen LogP contribution >= 0.6 is 11.8 Å². The first-order chi connectivity index (χ1) is 14.4. The topological polar surface area (TPSA) is 102 Å². The number of carbonyl (C=O) groups excluding carboxylic acids is 2. The minimum Gasteiger partial charge on any atom is -0.452 e. The van der Waals surface area contributed by atoms with Gasteiger partial charge < -0.3 is 14.8 Å². The highest BCUT2D eigenvalue weighted by Crippen LogP contribution is 2.24. The monoisotopic (exact) mass is 450 g/mol. The van der Waals surface area contributed by atoms with Crippen molar-refractivity contribution in [1.82, 2.24) is 4.31 Å². The summed E-state index contributed by atoms with van der Waals surface area (Å²) >= 11 is 1.49. The third kappa shape index (κ3) is 5.39. The number of amides is 1. The summed E-state index contributed by atoms with van der Waals surface area (Å²) in [5.74, 6) is -1.17. The van der Waals surface area contributed by atoms with Crippen molar-refractivity contribution in [1.29, 1.82) is 0 Å². The molecule has 0 unspecified atom stereocenters. The summed E-state index contributed by atoms with van der Waals surface area (Å²) in [4.78, 5) is 25.3. The number of nitrogens with zero attached hydrogens (tertiary/aromatic N) is 1. The van der Waals surface area contributed by atoms with E-state index in [2.05, 4.69) is 5.32 Å². The van der Waals surface area contributed by atoms with E-state index in [1.165, 1.54) is 40.3 Å². The highest BCUT2D eigenvalue weighted by molar-refractivity contribution is 7.98. The fraction of sp³-hybridized carbons (Fsp3) is 0.300. The quantitative estimate of drug-likeness (QED) is 0.510. The maximum Gasteiger partial charge on any atom is 0.338 e.